The zero-order valence-electron chi connectivity index (χ0n) is 8.16. The predicted octanol–water partition coefficient (Wildman–Crippen LogP) is 3.91. The summed E-state index contributed by atoms with van der Waals surface area (Å²) in [5.74, 6) is 0. The summed E-state index contributed by atoms with van der Waals surface area (Å²) in [6, 6.07) is 4.57. The van der Waals surface area contributed by atoms with E-state index >= 15 is 0 Å². The Morgan fingerprint density at radius 2 is 2.27 bits per heavy atom. The van der Waals surface area contributed by atoms with Gasteiger partial charge in [0.05, 0.1) is 20.9 Å². The number of nitrogens with one attached hydrogen (secondary N) is 1. The van der Waals surface area contributed by atoms with Crippen molar-refractivity contribution in [2.45, 2.75) is 25.3 Å². The zero-order valence-corrected chi connectivity index (χ0v) is 9.74. The zero-order chi connectivity index (χ0) is 10.3. The monoisotopic (exact) mass is 238 g/mol. The molecule has 78 valence electrons. The summed E-state index contributed by atoms with van der Waals surface area (Å²) in [6.07, 6.45) is 3.82. The van der Waals surface area contributed by atoms with E-state index in [0.29, 0.717) is 6.04 Å². The standard InChI is InChI=1S/C11H11ClN2S/c12-8-4-5-9-11(13-6-15-9)10(8)14-7-2-1-3-7/h4-7,14H,1-3H2. The van der Waals surface area contributed by atoms with E-state index in [4.69, 9.17) is 11.6 Å². The molecule has 0 unspecified atom stereocenters. The van der Waals surface area contributed by atoms with Gasteiger partial charge in [-0.05, 0) is 31.4 Å². The largest absolute Gasteiger partial charge is 0.379 e. The summed E-state index contributed by atoms with van der Waals surface area (Å²) in [5, 5.41) is 4.27. The number of anilines is 1. The Hall–Kier alpha value is -0.800. The Balaban J connectivity index is 2.05. The molecule has 0 spiro atoms. The molecule has 0 amide bonds. The van der Waals surface area contributed by atoms with E-state index in [9.17, 15) is 0 Å². The fraction of sp³-hybridized carbons (Fsp3) is 0.364. The number of thiazole rings is 1. The van der Waals surface area contributed by atoms with Crippen molar-refractivity contribution in [3.8, 4) is 0 Å². The Morgan fingerprint density at radius 1 is 1.40 bits per heavy atom. The van der Waals surface area contributed by atoms with Crippen LogP contribution in [0.4, 0.5) is 5.69 Å². The first-order valence-electron chi connectivity index (χ1n) is 5.13. The highest BCUT2D eigenvalue weighted by Gasteiger charge is 2.19. The van der Waals surface area contributed by atoms with E-state index in [2.05, 4.69) is 10.3 Å². The summed E-state index contributed by atoms with van der Waals surface area (Å²) >= 11 is 7.84. The number of aromatic nitrogens is 1. The number of hydrogen-bond acceptors (Lipinski definition) is 3. The van der Waals surface area contributed by atoms with E-state index in [1.807, 2.05) is 17.6 Å². The molecule has 1 saturated carbocycles. The average Bonchev–Trinajstić information content (AvgIpc) is 2.61. The van der Waals surface area contributed by atoms with Gasteiger partial charge in [-0.2, -0.15) is 0 Å². The number of nitrogens with zero attached hydrogens (tertiary/aromatic N) is 1. The maximum Gasteiger partial charge on any atom is 0.106 e. The molecule has 1 aliphatic carbocycles. The highest BCUT2D eigenvalue weighted by molar-refractivity contribution is 7.16. The number of hydrogen-bond donors (Lipinski definition) is 1. The average molecular weight is 239 g/mol. The van der Waals surface area contributed by atoms with Gasteiger partial charge < -0.3 is 5.32 Å². The van der Waals surface area contributed by atoms with Crippen molar-refractivity contribution in [2.24, 2.45) is 0 Å². The quantitative estimate of drug-likeness (QED) is 0.858. The first-order chi connectivity index (χ1) is 7.34. The van der Waals surface area contributed by atoms with Crippen LogP contribution in [0, 0.1) is 0 Å². The normalized spacial score (nSPS) is 16.6. The molecule has 3 rings (SSSR count). The van der Waals surface area contributed by atoms with Crippen LogP contribution in [-0.4, -0.2) is 11.0 Å². The minimum absolute atomic E-state index is 0.592. The van der Waals surface area contributed by atoms with Crippen molar-refractivity contribution in [3.05, 3.63) is 22.7 Å². The highest BCUT2D eigenvalue weighted by atomic mass is 35.5. The molecule has 1 N–H and O–H groups in total. The predicted molar refractivity (Wildman–Crippen MR) is 65.9 cm³/mol. The molecule has 15 heavy (non-hydrogen) atoms. The van der Waals surface area contributed by atoms with E-state index in [1.54, 1.807) is 11.3 Å². The van der Waals surface area contributed by atoms with Crippen LogP contribution in [0.3, 0.4) is 0 Å². The number of rotatable bonds is 2. The molecule has 0 radical (unpaired) electrons. The Kier molecular flexibility index (Phi) is 2.29. The van der Waals surface area contributed by atoms with Crippen LogP contribution in [-0.2, 0) is 0 Å². The number of fused-ring (bicyclic) bond motifs is 1. The molecule has 4 heteroatoms. The van der Waals surface area contributed by atoms with Crippen LogP contribution < -0.4 is 5.32 Å². The third kappa shape index (κ3) is 1.60. The van der Waals surface area contributed by atoms with Gasteiger partial charge in [-0.25, -0.2) is 4.98 Å². The van der Waals surface area contributed by atoms with Gasteiger partial charge in [-0.15, -0.1) is 11.3 Å². The molecule has 1 fully saturated rings. The SMILES string of the molecule is Clc1ccc2scnc2c1NC1CCC1. The second-order valence-corrected chi connectivity index (χ2v) is 5.19. The first kappa shape index (κ1) is 9.43. The van der Waals surface area contributed by atoms with Gasteiger partial charge in [0.15, 0.2) is 0 Å². The fourth-order valence-corrected chi connectivity index (χ4v) is 2.69. The minimum Gasteiger partial charge on any atom is -0.379 e. The smallest absolute Gasteiger partial charge is 0.106 e. The van der Waals surface area contributed by atoms with Gasteiger partial charge >= 0.3 is 0 Å². The molecule has 0 bridgehead atoms. The molecule has 1 heterocycles. The maximum absolute atomic E-state index is 6.19. The summed E-state index contributed by atoms with van der Waals surface area (Å²) in [7, 11) is 0. The molecule has 2 aromatic rings. The van der Waals surface area contributed by atoms with Crippen LogP contribution in [0.15, 0.2) is 17.6 Å². The molecule has 0 aliphatic heterocycles. The molecule has 1 aromatic heterocycles. The summed E-state index contributed by atoms with van der Waals surface area (Å²) in [6.45, 7) is 0. The van der Waals surface area contributed by atoms with Crippen molar-refractivity contribution in [1.82, 2.24) is 4.98 Å². The summed E-state index contributed by atoms with van der Waals surface area (Å²) < 4.78 is 1.20. The second kappa shape index (κ2) is 3.65. The van der Waals surface area contributed by atoms with Gasteiger partial charge in [0.2, 0.25) is 0 Å². The third-order valence-corrected chi connectivity index (χ3v) is 4.01. The third-order valence-electron chi connectivity index (χ3n) is 2.91. The van der Waals surface area contributed by atoms with Crippen molar-refractivity contribution >= 4 is 38.8 Å². The van der Waals surface area contributed by atoms with Crippen molar-refractivity contribution in [3.63, 3.8) is 0 Å². The highest BCUT2D eigenvalue weighted by Crippen LogP contribution is 2.34. The molecular formula is C11H11ClN2S. The fourth-order valence-electron chi connectivity index (χ4n) is 1.80. The number of halogens is 1. The first-order valence-corrected chi connectivity index (χ1v) is 6.38. The van der Waals surface area contributed by atoms with E-state index < -0.39 is 0 Å². The lowest BCUT2D eigenvalue weighted by Gasteiger charge is -2.28. The van der Waals surface area contributed by atoms with Crippen LogP contribution in [0.2, 0.25) is 5.02 Å². The molecule has 1 aliphatic rings. The molecule has 2 nitrogen and oxygen atoms in total. The Labute approximate surface area is 97.3 Å². The Bertz CT molecular complexity index is 490. The lowest BCUT2D eigenvalue weighted by atomic mass is 9.93. The van der Waals surface area contributed by atoms with Gasteiger partial charge in [0.25, 0.3) is 0 Å². The maximum atomic E-state index is 6.19. The summed E-state index contributed by atoms with van der Waals surface area (Å²) in [5.41, 5.74) is 3.90. The van der Waals surface area contributed by atoms with Gasteiger partial charge in [-0.1, -0.05) is 11.6 Å². The molecule has 0 saturated heterocycles. The minimum atomic E-state index is 0.592. The van der Waals surface area contributed by atoms with Crippen LogP contribution >= 0.6 is 22.9 Å². The van der Waals surface area contributed by atoms with Gasteiger partial charge in [0.1, 0.15) is 5.52 Å². The molecular weight excluding hydrogens is 228 g/mol. The lowest BCUT2D eigenvalue weighted by Crippen LogP contribution is -2.27. The van der Waals surface area contributed by atoms with E-state index in [0.717, 1.165) is 16.2 Å². The topological polar surface area (TPSA) is 24.9 Å². The van der Waals surface area contributed by atoms with Crippen molar-refractivity contribution < 1.29 is 0 Å². The number of benzene rings is 1. The second-order valence-electron chi connectivity index (χ2n) is 3.89. The molecule has 1 aromatic carbocycles. The van der Waals surface area contributed by atoms with Gasteiger partial charge in [0, 0.05) is 6.04 Å². The van der Waals surface area contributed by atoms with Crippen LogP contribution in [0.5, 0.6) is 0 Å². The van der Waals surface area contributed by atoms with Crippen molar-refractivity contribution in [2.75, 3.05) is 5.32 Å². The summed E-state index contributed by atoms with van der Waals surface area (Å²) in [4.78, 5) is 4.36. The van der Waals surface area contributed by atoms with Crippen molar-refractivity contribution in [1.29, 1.82) is 0 Å². The van der Waals surface area contributed by atoms with E-state index in [1.165, 1.54) is 24.0 Å². The Morgan fingerprint density at radius 3 is 3.00 bits per heavy atom. The lowest BCUT2D eigenvalue weighted by molar-refractivity contribution is 0.446. The molecule has 0 atom stereocenters. The van der Waals surface area contributed by atoms with Crippen LogP contribution in [0.1, 0.15) is 19.3 Å². The van der Waals surface area contributed by atoms with Crippen LogP contribution in [0.25, 0.3) is 10.2 Å². The van der Waals surface area contributed by atoms with E-state index in [-0.39, 0.29) is 0 Å². The van der Waals surface area contributed by atoms with Gasteiger partial charge in [-0.3, -0.25) is 0 Å².